The third-order valence-electron chi connectivity index (χ3n) is 3.82. The van der Waals surface area contributed by atoms with Crippen molar-refractivity contribution in [3.05, 3.63) is 35.6 Å². The number of aliphatic hydroxyl groups is 1. The van der Waals surface area contributed by atoms with Crippen molar-refractivity contribution in [2.75, 3.05) is 26.3 Å². The summed E-state index contributed by atoms with van der Waals surface area (Å²) < 4.78 is 18.5. The molecule has 1 aliphatic heterocycles. The smallest absolute Gasteiger partial charge is 0.123 e. The number of ether oxygens (including phenoxy) is 1. The summed E-state index contributed by atoms with van der Waals surface area (Å²) in [7, 11) is 0. The van der Waals surface area contributed by atoms with E-state index >= 15 is 0 Å². The average Bonchev–Trinajstić information content (AvgIpc) is 2.83. The van der Waals surface area contributed by atoms with E-state index < -0.39 is 6.10 Å². The van der Waals surface area contributed by atoms with Gasteiger partial charge in [-0.15, -0.1) is 0 Å². The van der Waals surface area contributed by atoms with Gasteiger partial charge in [-0.25, -0.2) is 4.39 Å². The van der Waals surface area contributed by atoms with E-state index in [-0.39, 0.29) is 5.82 Å². The van der Waals surface area contributed by atoms with Gasteiger partial charge in [0, 0.05) is 19.2 Å². The topological polar surface area (TPSA) is 32.7 Å². The van der Waals surface area contributed by atoms with Crippen LogP contribution in [0.4, 0.5) is 4.39 Å². The van der Waals surface area contributed by atoms with Crippen molar-refractivity contribution in [3.63, 3.8) is 0 Å². The third-order valence-corrected chi connectivity index (χ3v) is 3.82. The fraction of sp³-hybridized carbons (Fsp3) is 0.625. The van der Waals surface area contributed by atoms with Gasteiger partial charge in [-0.1, -0.05) is 12.1 Å². The first-order valence-electron chi connectivity index (χ1n) is 7.43. The van der Waals surface area contributed by atoms with E-state index in [1.54, 1.807) is 12.1 Å². The summed E-state index contributed by atoms with van der Waals surface area (Å²) >= 11 is 0. The molecule has 1 N–H and O–H groups in total. The molecule has 0 spiro atoms. The largest absolute Gasteiger partial charge is 0.389 e. The van der Waals surface area contributed by atoms with Crippen LogP contribution in [0.2, 0.25) is 0 Å². The zero-order valence-electron chi connectivity index (χ0n) is 12.1. The molecular weight excluding hydrogens is 257 g/mol. The Hall–Kier alpha value is -0.970. The second kappa shape index (κ2) is 7.72. The van der Waals surface area contributed by atoms with E-state index in [9.17, 15) is 9.50 Å². The quantitative estimate of drug-likeness (QED) is 0.832. The van der Waals surface area contributed by atoms with Gasteiger partial charge < -0.3 is 9.84 Å². The molecule has 1 aromatic carbocycles. The van der Waals surface area contributed by atoms with Crippen molar-refractivity contribution < 1.29 is 14.2 Å². The first-order chi connectivity index (χ1) is 9.69. The molecule has 2 rings (SSSR count). The van der Waals surface area contributed by atoms with Crippen molar-refractivity contribution in [3.8, 4) is 0 Å². The van der Waals surface area contributed by atoms with E-state index in [1.165, 1.54) is 6.07 Å². The predicted octanol–water partition coefficient (Wildman–Crippen LogP) is 2.23. The Balaban J connectivity index is 1.87. The summed E-state index contributed by atoms with van der Waals surface area (Å²) in [4.78, 5) is 2.30. The van der Waals surface area contributed by atoms with Gasteiger partial charge in [-0.3, -0.25) is 4.90 Å². The van der Waals surface area contributed by atoms with E-state index in [2.05, 4.69) is 4.90 Å². The summed E-state index contributed by atoms with van der Waals surface area (Å²) in [5.74, 6) is -0.177. The van der Waals surface area contributed by atoms with Crippen LogP contribution >= 0.6 is 0 Å². The molecule has 0 unspecified atom stereocenters. The fourth-order valence-corrected chi connectivity index (χ4v) is 2.88. The average molecular weight is 281 g/mol. The molecular formula is C16H24FNO2. The Morgan fingerprint density at radius 2 is 2.35 bits per heavy atom. The molecule has 0 amide bonds. The first-order valence-corrected chi connectivity index (χ1v) is 7.43. The highest BCUT2D eigenvalue weighted by molar-refractivity contribution is 5.17. The molecule has 1 aromatic rings. The van der Waals surface area contributed by atoms with Gasteiger partial charge in [-0.2, -0.15) is 0 Å². The van der Waals surface area contributed by atoms with Crippen LogP contribution in [-0.2, 0) is 11.2 Å². The van der Waals surface area contributed by atoms with Crippen LogP contribution in [0.15, 0.2) is 24.3 Å². The van der Waals surface area contributed by atoms with Crippen molar-refractivity contribution in [2.45, 2.75) is 38.3 Å². The number of halogens is 1. The van der Waals surface area contributed by atoms with Crippen LogP contribution in [0, 0.1) is 5.82 Å². The number of hydrogen-bond acceptors (Lipinski definition) is 3. The second-order valence-electron chi connectivity index (χ2n) is 5.44. The fourth-order valence-electron chi connectivity index (χ4n) is 2.88. The molecule has 1 aliphatic rings. The molecule has 20 heavy (non-hydrogen) atoms. The zero-order valence-corrected chi connectivity index (χ0v) is 12.1. The van der Waals surface area contributed by atoms with Crippen LogP contribution in [0.25, 0.3) is 0 Å². The number of nitrogens with zero attached hydrogens (tertiary/aromatic N) is 1. The summed E-state index contributed by atoms with van der Waals surface area (Å²) in [6.45, 7) is 4.59. The molecule has 0 saturated carbocycles. The molecule has 4 heteroatoms. The minimum Gasteiger partial charge on any atom is -0.389 e. The Morgan fingerprint density at radius 3 is 3.10 bits per heavy atom. The van der Waals surface area contributed by atoms with Gasteiger partial charge in [0.25, 0.3) is 0 Å². The molecule has 0 radical (unpaired) electrons. The van der Waals surface area contributed by atoms with E-state index in [1.807, 2.05) is 13.0 Å². The number of β-amino-alcohol motifs (C(OH)–C–C–N with tert-alkyl or cyclic N) is 1. The van der Waals surface area contributed by atoms with E-state index in [4.69, 9.17) is 4.74 Å². The lowest BCUT2D eigenvalue weighted by molar-refractivity contribution is 0.0188. The Kier molecular flexibility index (Phi) is 5.95. The number of rotatable bonds is 7. The highest BCUT2D eigenvalue weighted by atomic mass is 19.1. The Morgan fingerprint density at radius 1 is 1.50 bits per heavy atom. The van der Waals surface area contributed by atoms with Crippen LogP contribution < -0.4 is 0 Å². The summed E-state index contributed by atoms with van der Waals surface area (Å²) in [6, 6.07) is 7.20. The monoisotopic (exact) mass is 281 g/mol. The van der Waals surface area contributed by atoms with Crippen molar-refractivity contribution in [1.82, 2.24) is 4.90 Å². The summed E-state index contributed by atoms with van der Waals surface area (Å²) in [6.07, 6.45) is 2.65. The lowest BCUT2D eigenvalue weighted by atomic mass is 10.0. The van der Waals surface area contributed by atoms with Crippen LogP contribution in [0.1, 0.15) is 25.3 Å². The maximum atomic E-state index is 13.2. The standard InChI is InChI=1S/C16H24FNO2/c1-2-20-12-16(19)11-18-8-4-7-15(18)10-13-5-3-6-14(17)9-13/h3,5-6,9,15-16,19H,2,4,7-8,10-12H2,1H3/t15-,16+/m0/s1. The Bertz CT molecular complexity index is 413. The molecule has 1 saturated heterocycles. The second-order valence-corrected chi connectivity index (χ2v) is 5.44. The summed E-state index contributed by atoms with van der Waals surface area (Å²) in [5, 5.41) is 9.94. The van der Waals surface area contributed by atoms with Gasteiger partial charge in [0.15, 0.2) is 0 Å². The van der Waals surface area contributed by atoms with E-state index in [0.29, 0.717) is 25.8 Å². The molecule has 112 valence electrons. The van der Waals surface area contributed by atoms with Gasteiger partial charge in [0.2, 0.25) is 0 Å². The molecule has 0 aliphatic carbocycles. The zero-order chi connectivity index (χ0) is 14.4. The number of aliphatic hydroxyl groups excluding tert-OH is 1. The van der Waals surface area contributed by atoms with Crippen molar-refractivity contribution in [2.24, 2.45) is 0 Å². The highest BCUT2D eigenvalue weighted by Crippen LogP contribution is 2.21. The van der Waals surface area contributed by atoms with Crippen molar-refractivity contribution >= 4 is 0 Å². The minimum atomic E-state index is -0.442. The lowest BCUT2D eigenvalue weighted by Crippen LogP contribution is -2.39. The molecule has 0 aromatic heterocycles. The first kappa shape index (κ1) is 15.4. The lowest BCUT2D eigenvalue weighted by Gasteiger charge is -2.26. The van der Waals surface area contributed by atoms with Crippen LogP contribution in [0.3, 0.4) is 0 Å². The number of likely N-dealkylation sites (tertiary alicyclic amines) is 1. The number of benzene rings is 1. The van der Waals surface area contributed by atoms with Crippen molar-refractivity contribution in [1.29, 1.82) is 0 Å². The maximum Gasteiger partial charge on any atom is 0.123 e. The molecule has 3 nitrogen and oxygen atoms in total. The molecule has 1 heterocycles. The normalized spacial score (nSPS) is 21.2. The van der Waals surface area contributed by atoms with Crippen LogP contribution in [0.5, 0.6) is 0 Å². The van der Waals surface area contributed by atoms with Gasteiger partial charge in [-0.05, 0) is 50.4 Å². The SMILES string of the molecule is CCOC[C@H](O)CN1CCC[C@H]1Cc1cccc(F)c1. The van der Waals surface area contributed by atoms with Gasteiger partial charge >= 0.3 is 0 Å². The van der Waals surface area contributed by atoms with Crippen LogP contribution in [-0.4, -0.2) is 48.5 Å². The highest BCUT2D eigenvalue weighted by Gasteiger charge is 2.26. The maximum absolute atomic E-state index is 13.2. The third kappa shape index (κ3) is 4.54. The number of hydrogen-bond donors (Lipinski definition) is 1. The van der Waals surface area contributed by atoms with Gasteiger partial charge in [0.05, 0.1) is 12.7 Å². The molecule has 0 bridgehead atoms. The van der Waals surface area contributed by atoms with Gasteiger partial charge in [0.1, 0.15) is 5.82 Å². The summed E-state index contributed by atoms with van der Waals surface area (Å²) in [5.41, 5.74) is 1.03. The predicted molar refractivity (Wildman–Crippen MR) is 77.2 cm³/mol. The van der Waals surface area contributed by atoms with E-state index in [0.717, 1.165) is 31.4 Å². The molecule has 2 atom stereocenters. The molecule has 1 fully saturated rings. The minimum absolute atomic E-state index is 0.177. The Labute approximate surface area is 120 Å².